The highest BCUT2D eigenvalue weighted by Gasteiger charge is 2.03. The number of carbonyl (C=O) groups excluding carboxylic acids is 1. The fourth-order valence-electron chi connectivity index (χ4n) is 1.67. The van der Waals surface area contributed by atoms with Crippen LogP contribution in [0.1, 0.15) is 6.42 Å². The van der Waals surface area contributed by atoms with Gasteiger partial charge in [-0.15, -0.1) is 0 Å². The molecular formula is C14H17N3O3. The Balaban J connectivity index is 1.78. The van der Waals surface area contributed by atoms with Gasteiger partial charge in [-0.2, -0.15) is 5.10 Å². The zero-order valence-electron chi connectivity index (χ0n) is 11.0. The summed E-state index contributed by atoms with van der Waals surface area (Å²) < 4.78 is 6.95. The summed E-state index contributed by atoms with van der Waals surface area (Å²) in [5.74, 6) is 0.595. The Kier molecular flexibility index (Phi) is 5.14. The molecule has 2 aromatic rings. The van der Waals surface area contributed by atoms with E-state index in [0.717, 1.165) is 0 Å². The van der Waals surface area contributed by atoms with Gasteiger partial charge in [0, 0.05) is 31.0 Å². The highest BCUT2D eigenvalue weighted by molar-refractivity contribution is 5.90. The van der Waals surface area contributed by atoms with Crippen molar-refractivity contribution in [3.05, 3.63) is 42.7 Å². The van der Waals surface area contributed by atoms with Crippen molar-refractivity contribution in [2.75, 3.05) is 18.5 Å². The molecule has 1 aromatic carbocycles. The van der Waals surface area contributed by atoms with Crippen LogP contribution in [-0.4, -0.2) is 34.0 Å². The number of aromatic nitrogens is 2. The van der Waals surface area contributed by atoms with Crippen LogP contribution in [0.3, 0.4) is 0 Å². The van der Waals surface area contributed by atoms with E-state index in [0.29, 0.717) is 24.4 Å². The van der Waals surface area contributed by atoms with E-state index in [-0.39, 0.29) is 19.1 Å². The molecule has 0 aliphatic rings. The van der Waals surface area contributed by atoms with Crippen molar-refractivity contribution in [3.63, 3.8) is 0 Å². The van der Waals surface area contributed by atoms with Crippen molar-refractivity contribution >= 4 is 11.6 Å². The van der Waals surface area contributed by atoms with Gasteiger partial charge < -0.3 is 15.2 Å². The van der Waals surface area contributed by atoms with Gasteiger partial charge in [-0.05, 0) is 30.3 Å². The van der Waals surface area contributed by atoms with Crippen molar-refractivity contribution in [1.29, 1.82) is 0 Å². The third kappa shape index (κ3) is 4.40. The molecule has 6 nitrogen and oxygen atoms in total. The number of rotatable bonds is 7. The number of ether oxygens (including phenoxy) is 1. The summed E-state index contributed by atoms with van der Waals surface area (Å²) in [4.78, 5) is 11.7. The van der Waals surface area contributed by atoms with Crippen LogP contribution in [0, 0.1) is 0 Å². The lowest BCUT2D eigenvalue weighted by atomic mass is 10.3. The molecule has 106 valence electrons. The van der Waals surface area contributed by atoms with E-state index in [1.165, 1.54) is 0 Å². The van der Waals surface area contributed by atoms with Gasteiger partial charge in [-0.25, -0.2) is 0 Å². The molecule has 0 atom stereocenters. The third-order valence-electron chi connectivity index (χ3n) is 2.63. The van der Waals surface area contributed by atoms with E-state index >= 15 is 0 Å². The van der Waals surface area contributed by atoms with E-state index in [1.807, 2.05) is 12.3 Å². The number of benzene rings is 1. The van der Waals surface area contributed by atoms with Gasteiger partial charge in [0.2, 0.25) is 5.91 Å². The number of hydrogen-bond donors (Lipinski definition) is 2. The first kappa shape index (κ1) is 14.1. The smallest absolute Gasteiger partial charge is 0.226 e. The predicted octanol–water partition coefficient (Wildman–Crippen LogP) is 1.28. The standard InChI is InChI=1S/C14H17N3O3/c18-10-11-20-13-4-2-12(3-5-13)16-14(19)6-9-17-8-1-7-15-17/h1-5,7-8,18H,6,9-11H2,(H,16,19). The normalized spacial score (nSPS) is 10.2. The van der Waals surface area contributed by atoms with Gasteiger partial charge >= 0.3 is 0 Å². The van der Waals surface area contributed by atoms with Crippen LogP contribution in [-0.2, 0) is 11.3 Å². The fraction of sp³-hybridized carbons (Fsp3) is 0.286. The number of aryl methyl sites for hydroxylation is 1. The van der Waals surface area contributed by atoms with Crippen LogP contribution in [0.25, 0.3) is 0 Å². The van der Waals surface area contributed by atoms with Gasteiger partial charge in [0.25, 0.3) is 0 Å². The predicted molar refractivity (Wildman–Crippen MR) is 74.5 cm³/mol. The maximum atomic E-state index is 11.7. The Hall–Kier alpha value is -2.34. The van der Waals surface area contributed by atoms with Crippen LogP contribution >= 0.6 is 0 Å². The summed E-state index contributed by atoms with van der Waals surface area (Å²) in [6.07, 6.45) is 3.87. The van der Waals surface area contributed by atoms with Crippen LogP contribution in [0.4, 0.5) is 5.69 Å². The van der Waals surface area contributed by atoms with Gasteiger partial charge in [0.1, 0.15) is 12.4 Å². The monoisotopic (exact) mass is 275 g/mol. The molecule has 0 spiro atoms. The third-order valence-corrected chi connectivity index (χ3v) is 2.63. The topological polar surface area (TPSA) is 76.4 Å². The first-order valence-corrected chi connectivity index (χ1v) is 6.39. The van der Waals surface area contributed by atoms with Crippen LogP contribution in [0.5, 0.6) is 5.75 Å². The summed E-state index contributed by atoms with van der Waals surface area (Å²) in [6.45, 7) is 0.790. The molecule has 0 unspecified atom stereocenters. The summed E-state index contributed by atoms with van der Waals surface area (Å²) >= 11 is 0. The van der Waals surface area contributed by atoms with E-state index in [2.05, 4.69) is 10.4 Å². The van der Waals surface area contributed by atoms with Crippen molar-refractivity contribution in [2.24, 2.45) is 0 Å². The second-order valence-electron chi connectivity index (χ2n) is 4.16. The minimum absolute atomic E-state index is 0.0219. The SMILES string of the molecule is O=C(CCn1cccn1)Nc1ccc(OCCO)cc1. The van der Waals surface area contributed by atoms with Crippen LogP contribution in [0.2, 0.25) is 0 Å². The molecule has 0 aliphatic heterocycles. The first-order valence-electron chi connectivity index (χ1n) is 6.39. The maximum Gasteiger partial charge on any atom is 0.226 e. The second kappa shape index (κ2) is 7.30. The Morgan fingerprint density at radius 1 is 1.35 bits per heavy atom. The number of nitrogens with zero attached hydrogens (tertiary/aromatic N) is 2. The molecular weight excluding hydrogens is 258 g/mol. The Morgan fingerprint density at radius 2 is 2.15 bits per heavy atom. The highest BCUT2D eigenvalue weighted by Crippen LogP contribution is 2.15. The van der Waals surface area contributed by atoms with Crippen molar-refractivity contribution in [2.45, 2.75) is 13.0 Å². The first-order chi connectivity index (χ1) is 9.78. The molecule has 0 fully saturated rings. The summed E-state index contributed by atoms with van der Waals surface area (Å²) in [6, 6.07) is 8.84. The lowest BCUT2D eigenvalue weighted by Crippen LogP contribution is -2.14. The van der Waals surface area contributed by atoms with E-state index in [1.54, 1.807) is 35.1 Å². The van der Waals surface area contributed by atoms with Gasteiger partial charge in [0.05, 0.1) is 6.61 Å². The minimum atomic E-state index is -0.0653. The Morgan fingerprint density at radius 3 is 2.80 bits per heavy atom. The van der Waals surface area contributed by atoms with Crippen LogP contribution < -0.4 is 10.1 Å². The second-order valence-corrected chi connectivity index (χ2v) is 4.16. The van der Waals surface area contributed by atoms with Gasteiger partial charge in [0.15, 0.2) is 0 Å². The molecule has 0 bridgehead atoms. The number of amides is 1. The molecule has 1 aromatic heterocycles. The molecule has 20 heavy (non-hydrogen) atoms. The van der Waals surface area contributed by atoms with Crippen molar-refractivity contribution in [1.82, 2.24) is 9.78 Å². The van der Waals surface area contributed by atoms with Crippen LogP contribution in [0.15, 0.2) is 42.7 Å². The van der Waals surface area contributed by atoms with E-state index < -0.39 is 0 Å². The largest absolute Gasteiger partial charge is 0.491 e. The number of nitrogens with one attached hydrogen (secondary N) is 1. The average Bonchev–Trinajstić information content (AvgIpc) is 2.98. The number of aliphatic hydroxyl groups is 1. The van der Waals surface area contributed by atoms with Crippen molar-refractivity contribution in [3.8, 4) is 5.75 Å². The molecule has 2 rings (SSSR count). The molecule has 1 amide bonds. The quantitative estimate of drug-likeness (QED) is 0.798. The lowest BCUT2D eigenvalue weighted by molar-refractivity contribution is -0.116. The summed E-state index contributed by atoms with van der Waals surface area (Å²) in [5.41, 5.74) is 0.715. The fourth-order valence-corrected chi connectivity index (χ4v) is 1.67. The number of anilines is 1. The van der Waals surface area contributed by atoms with E-state index in [9.17, 15) is 4.79 Å². The molecule has 0 saturated heterocycles. The van der Waals surface area contributed by atoms with E-state index in [4.69, 9.17) is 9.84 Å². The number of hydrogen-bond acceptors (Lipinski definition) is 4. The molecule has 1 heterocycles. The zero-order valence-corrected chi connectivity index (χ0v) is 11.0. The lowest BCUT2D eigenvalue weighted by Gasteiger charge is -2.07. The molecule has 6 heteroatoms. The molecule has 0 saturated carbocycles. The number of aliphatic hydroxyl groups excluding tert-OH is 1. The highest BCUT2D eigenvalue weighted by atomic mass is 16.5. The van der Waals surface area contributed by atoms with Gasteiger partial charge in [-0.3, -0.25) is 9.48 Å². The average molecular weight is 275 g/mol. The molecule has 0 aliphatic carbocycles. The van der Waals surface area contributed by atoms with Crippen molar-refractivity contribution < 1.29 is 14.6 Å². The maximum absolute atomic E-state index is 11.7. The summed E-state index contributed by atoms with van der Waals surface area (Å²) in [7, 11) is 0. The number of carbonyl (C=O) groups is 1. The summed E-state index contributed by atoms with van der Waals surface area (Å²) in [5, 5.41) is 15.5. The Labute approximate surface area is 117 Å². The minimum Gasteiger partial charge on any atom is -0.491 e. The molecule has 0 radical (unpaired) electrons. The van der Waals surface area contributed by atoms with Gasteiger partial charge in [-0.1, -0.05) is 0 Å². The Bertz CT molecular complexity index is 523. The zero-order chi connectivity index (χ0) is 14.2. The molecule has 2 N–H and O–H groups in total.